The number of benzene rings is 2. The number of likely N-dealkylation sites (N-methyl/N-ethyl adjacent to an activating group) is 1. The van der Waals surface area contributed by atoms with Crippen LogP contribution in [0, 0.1) is 3.57 Å². The number of thioether (sulfide) groups is 1. The summed E-state index contributed by atoms with van der Waals surface area (Å²) in [5.41, 5.74) is 1.89. The average Bonchev–Trinajstić information content (AvgIpc) is 2.97. The molecule has 0 aromatic heterocycles. The van der Waals surface area contributed by atoms with Crippen molar-refractivity contribution in [1.29, 1.82) is 0 Å². The van der Waals surface area contributed by atoms with E-state index in [1.165, 1.54) is 11.8 Å². The molecule has 152 valence electrons. The van der Waals surface area contributed by atoms with Crippen molar-refractivity contribution in [3.8, 4) is 11.5 Å². The van der Waals surface area contributed by atoms with Gasteiger partial charge in [-0.3, -0.25) is 14.7 Å². The van der Waals surface area contributed by atoms with Crippen molar-refractivity contribution in [3.63, 3.8) is 0 Å². The van der Waals surface area contributed by atoms with Crippen molar-refractivity contribution in [2.75, 3.05) is 20.7 Å². The highest BCUT2D eigenvalue weighted by Crippen LogP contribution is 2.37. The molecule has 0 aliphatic carbocycles. The summed E-state index contributed by atoms with van der Waals surface area (Å²) in [6, 6.07) is 11.4. The molecule has 0 spiro atoms. The molecule has 1 aliphatic rings. The summed E-state index contributed by atoms with van der Waals surface area (Å²) in [4.78, 5) is 18.7. The van der Waals surface area contributed by atoms with Crippen molar-refractivity contribution in [2.24, 2.45) is 4.99 Å². The van der Waals surface area contributed by atoms with Crippen LogP contribution in [0.5, 0.6) is 11.5 Å². The van der Waals surface area contributed by atoms with Crippen molar-refractivity contribution in [3.05, 3.63) is 61.0 Å². The third kappa shape index (κ3) is 5.26. The lowest BCUT2D eigenvalue weighted by Gasteiger charge is -2.15. The Morgan fingerprint density at radius 1 is 1.24 bits per heavy atom. The van der Waals surface area contributed by atoms with E-state index in [0.29, 0.717) is 39.8 Å². The van der Waals surface area contributed by atoms with Crippen LogP contribution in [0.25, 0.3) is 6.08 Å². The maximum atomic E-state index is 12.4. The van der Waals surface area contributed by atoms with Crippen LogP contribution in [-0.4, -0.2) is 36.7 Å². The van der Waals surface area contributed by atoms with Crippen molar-refractivity contribution in [1.82, 2.24) is 4.90 Å². The zero-order valence-electron chi connectivity index (χ0n) is 16.2. The Kier molecular flexibility index (Phi) is 7.48. The molecule has 1 fully saturated rings. The minimum Gasteiger partial charge on any atom is -0.490 e. The van der Waals surface area contributed by atoms with Gasteiger partial charge >= 0.3 is 0 Å². The van der Waals surface area contributed by atoms with E-state index >= 15 is 0 Å². The topological polar surface area (TPSA) is 51.1 Å². The molecule has 1 aliphatic heterocycles. The second-order valence-corrected chi connectivity index (χ2v) is 8.77. The first-order valence-corrected chi connectivity index (χ1v) is 11.2. The molecule has 0 saturated carbocycles. The maximum Gasteiger partial charge on any atom is 0.266 e. The van der Waals surface area contributed by atoms with Crippen LogP contribution in [0.2, 0.25) is 5.02 Å². The van der Waals surface area contributed by atoms with E-state index in [1.54, 1.807) is 19.0 Å². The minimum absolute atomic E-state index is 0.0633. The van der Waals surface area contributed by atoms with Gasteiger partial charge in [0.25, 0.3) is 5.91 Å². The number of nitrogens with zero attached hydrogens (tertiary/aromatic N) is 2. The molecule has 1 heterocycles. The third-order valence-corrected chi connectivity index (χ3v) is 6.33. The minimum atomic E-state index is -0.0633. The third-order valence-electron chi connectivity index (χ3n) is 4.12. The molecular weight excluding hydrogens is 523 g/mol. The molecular formula is C21H20ClIN2O3S. The second kappa shape index (κ2) is 9.86. The second-order valence-electron chi connectivity index (χ2n) is 6.16. The van der Waals surface area contributed by atoms with E-state index in [0.717, 1.165) is 14.7 Å². The van der Waals surface area contributed by atoms with Gasteiger partial charge in [-0.1, -0.05) is 23.7 Å². The number of rotatable bonds is 6. The molecule has 8 heteroatoms. The fourth-order valence-electron chi connectivity index (χ4n) is 2.71. The van der Waals surface area contributed by atoms with Gasteiger partial charge in [-0.05, 0) is 82.7 Å². The Morgan fingerprint density at radius 3 is 2.59 bits per heavy atom. The highest BCUT2D eigenvalue weighted by atomic mass is 127. The summed E-state index contributed by atoms with van der Waals surface area (Å²) < 4.78 is 12.8. The zero-order valence-corrected chi connectivity index (χ0v) is 20.0. The lowest BCUT2D eigenvalue weighted by Crippen LogP contribution is -2.23. The SMILES string of the molecule is CCOc1cc(/C=C2/SC(=NC)N(C)C2=O)cc(I)c1OCc1ccc(Cl)cc1. The van der Waals surface area contributed by atoms with Gasteiger partial charge in [0.05, 0.1) is 15.1 Å². The molecule has 2 aromatic carbocycles. The largest absolute Gasteiger partial charge is 0.490 e. The molecule has 0 N–H and O–H groups in total. The Balaban J connectivity index is 1.87. The highest BCUT2D eigenvalue weighted by molar-refractivity contribution is 14.1. The van der Waals surface area contributed by atoms with Crippen molar-refractivity contribution in [2.45, 2.75) is 13.5 Å². The normalized spacial score (nSPS) is 16.7. The van der Waals surface area contributed by atoms with E-state index in [4.69, 9.17) is 21.1 Å². The lowest BCUT2D eigenvalue weighted by atomic mass is 10.1. The average molecular weight is 543 g/mol. The summed E-state index contributed by atoms with van der Waals surface area (Å²) in [6.45, 7) is 2.84. The van der Waals surface area contributed by atoms with Crippen LogP contribution in [0.4, 0.5) is 0 Å². The van der Waals surface area contributed by atoms with Crippen molar-refractivity contribution < 1.29 is 14.3 Å². The van der Waals surface area contributed by atoms with E-state index in [1.807, 2.05) is 49.4 Å². The van der Waals surface area contributed by atoms with E-state index in [9.17, 15) is 4.79 Å². The first-order valence-electron chi connectivity index (χ1n) is 8.91. The van der Waals surface area contributed by atoms with Gasteiger partial charge in [0.15, 0.2) is 16.7 Å². The van der Waals surface area contributed by atoms with Gasteiger partial charge in [-0.2, -0.15) is 0 Å². The summed E-state index contributed by atoms with van der Waals surface area (Å²) >= 11 is 9.53. The molecule has 29 heavy (non-hydrogen) atoms. The molecule has 0 bridgehead atoms. The Hall–Kier alpha value is -1.71. The number of ether oxygens (including phenoxy) is 2. The standard InChI is InChI=1S/C21H20ClIN2O3S/c1-4-27-17-10-14(11-18-20(26)25(3)21(24-2)29-18)9-16(23)19(17)28-12-13-5-7-15(22)8-6-13/h5-11H,4,12H2,1-3H3/b18-11+,24-21?. The number of hydrogen-bond acceptors (Lipinski definition) is 5. The first-order chi connectivity index (χ1) is 13.9. The first kappa shape index (κ1) is 22.0. The number of aliphatic imine (C=N–C) groups is 1. The Labute approximate surface area is 193 Å². The van der Waals surface area contributed by atoms with Gasteiger partial charge < -0.3 is 9.47 Å². The lowest BCUT2D eigenvalue weighted by molar-refractivity contribution is -0.121. The number of hydrogen-bond donors (Lipinski definition) is 0. The fourth-order valence-corrected chi connectivity index (χ4v) is 4.55. The number of amidine groups is 1. The number of amides is 1. The zero-order chi connectivity index (χ0) is 21.0. The molecule has 1 amide bonds. The number of carbonyl (C=O) groups excluding carboxylic acids is 1. The van der Waals surface area contributed by atoms with E-state index < -0.39 is 0 Å². The summed E-state index contributed by atoms with van der Waals surface area (Å²) in [7, 11) is 3.40. The van der Waals surface area contributed by atoms with Crippen LogP contribution in [0.15, 0.2) is 46.3 Å². The quantitative estimate of drug-likeness (QED) is 0.360. The number of carbonyl (C=O) groups is 1. The molecule has 1 saturated heterocycles. The fraction of sp³-hybridized carbons (Fsp3) is 0.238. The monoisotopic (exact) mass is 542 g/mol. The van der Waals surface area contributed by atoms with Gasteiger partial charge in [0.1, 0.15) is 6.61 Å². The van der Waals surface area contributed by atoms with Crippen LogP contribution in [0.3, 0.4) is 0 Å². The summed E-state index contributed by atoms with van der Waals surface area (Å²) in [5, 5.41) is 1.38. The highest BCUT2D eigenvalue weighted by Gasteiger charge is 2.29. The van der Waals surface area contributed by atoms with Gasteiger partial charge in [0, 0.05) is 19.1 Å². The molecule has 0 unspecified atom stereocenters. The van der Waals surface area contributed by atoms with Crippen LogP contribution in [-0.2, 0) is 11.4 Å². The van der Waals surface area contributed by atoms with Crippen LogP contribution >= 0.6 is 46.0 Å². The summed E-state index contributed by atoms with van der Waals surface area (Å²) in [5.74, 6) is 1.27. The molecule has 0 radical (unpaired) electrons. The van der Waals surface area contributed by atoms with E-state index in [-0.39, 0.29) is 5.91 Å². The smallest absolute Gasteiger partial charge is 0.266 e. The number of halogens is 2. The van der Waals surface area contributed by atoms with Gasteiger partial charge in [0.2, 0.25) is 0 Å². The Bertz CT molecular complexity index is 977. The predicted octanol–water partition coefficient (Wildman–Crippen LogP) is 5.45. The Morgan fingerprint density at radius 2 is 1.97 bits per heavy atom. The molecule has 3 rings (SSSR count). The van der Waals surface area contributed by atoms with Gasteiger partial charge in [-0.15, -0.1) is 0 Å². The van der Waals surface area contributed by atoms with Crippen LogP contribution in [0.1, 0.15) is 18.1 Å². The molecule has 2 aromatic rings. The van der Waals surface area contributed by atoms with E-state index in [2.05, 4.69) is 27.6 Å². The van der Waals surface area contributed by atoms with Crippen molar-refractivity contribution >= 4 is 63.1 Å². The molecule has 5 nitrogen and oxygen atoms in total. The maximum absolute atomic E-state index is 12.4. The van der Waals surface area contributed by atoms with Crippen LogP contribution < -0.4 is 9.47 Å². The summed E-state index contributed by atoms with van der Waals surface area (Å²) in [6.07, 6.45) is 1.86. The predicted molar refractivity (Wildman–Crippen MR) is 128 cm³/mol. The molecule has 0 atom stereocenters. The van der Waals surface area contributed by atoms with Gasteiger partial charge in [-0.25, -0.2) is 0 Å².